The Morgan fingerprint density at radius 1 is 0.931 bits per heavy atom. The molecule has 0 spiro atoms. The van der Waals surface area contributed by atoms with Gasteiger partial charge in [0.05, 0.1) is 11.3 Å². The number of carbonyl (C=O) groups is 2. The van der Waals surface area contributed by atoms with Crippen molar-refractivity contribution in [2.45, 2.75) is 39.3 Å². The Labute approximate surface area is 171 Å². The summed E-state index contributed by atoms with van der Waals surface area (Å²) >= 11 is 0. The minimum absolute atomic E-state index is 0.0554. The molecule has 0 saturated carbocycles. The third-order valence-electron chi connectivity index (χ3n) is 4.84. The summed E-state index contributed by atoms with van der Waals surface area (Å²) < 4.78 is 5.93. The van der Waals surface area contributed by atoms with Gasteiger partial charge in [-0.2, -0.15) is 0 Å². The van der Waals surface area contributed by atoms with Gasteiger partial charge in [0.25, 0.3) is 11.8 Å². The first-order valence-electron chi connectivity index (χ1n) is 9.84. The van der Waals surface area contributed by atoms with Crippen molar-refractivity contribution in [1.29, 1.82) is 0 Å². The molecular weight excluding hydrogens is 364 g/mol. The van der Waals surface area contributed by atoms with Crippen LogP contribution in [0.25, 0.3) is 10.8 Å². The van der Waals surface area contributed by atoms with Crippen LogP contribution in [0.3, 0.4) is 0 Å². The van der Waals surface area contributed by atoms with Crippen molar-refractivity contribution >= 4 is 28.3 Å². The standard InChI is InChI=1S/C24H26N2O3/c1-4-16(2)25-24(28)20-13-7-8-14-21(20)26-23(27)17(3)29-22-15-9-11-18-10-5-6-12-19(18)22/h5-17H,4H2,1-3H3,(H,25,28)(H,26,27)/t16-,17+/m0/s1. The SMILES string of the molecule is CC[C@H](C)NC(=O)c1ccccc1NC(=O)[C@@H](C)Oc1cccc2ccccc12. The number of anilines is 1. The van der Waals surface area contributed by atoms with Gasteiger partial charge in [-0.15, -0.1) is 0 Å². The molecule has 0 aliphatic rings. The van der Waals surface area contributed by atoms with E-state index in [1.807, 2.05) is 56.3 Å². The van der Waals surface area contributed by atoms with Gasteiger partial charge in [0.15, 0.2) is 6.10 Å². The fourth-order valence-corrected chi connectivity index (χ4v) is 2.97. The average Bonchev–Trinajstić information content (AvgIpc) is 2.74. The molecule has 2 N–H and O–H groups in total. The number of amides is 2. The molecule has 5 nitrogen and oxygen atoms in total. The fourth-order valence-electron chi connectivity index (χ4n) is 2.97. The van der Waals surface area contributed by atoms with E-state index in [9.17, 15) is 9.59 Å². The van der Waals surface area contributed by atoms with Gasteiger partial charge in [-0.1, -0.05) is 55.5 Å². The third kappa shape index (κ3) is 4.93. The summed E-state index contributed by atoms with van der Waals surface area (Å²) in [6.07, 6.45) is 0.0994. The zero-order valence-corrected chi connectivity index (χ0v) is 16.9. The normalized spacial score (nSPS) is 12.8. The molecular formula is C24H26N2O3. The van der Waals surface area contributed by atoms with Crippen molar-refractivity contribution in [3.63, 3.8) is 0 Å². The monoisotopic (exact) mass is 390 g/mol. The van der Waals surface area contributed by atoms with E-state index in [1.54, 1.807) is 31.2 Å². The number of rotatable bonds is 7. The Morgan fingerprint density at radius 3 is 2.41 bits per heavy atom. The molecule has 3 aromatic rings. The summed E-state index contributed by atoms with van der Waals surface area (Å²) in [5, 5.41) is 7.75. The maximum atomic E-state index is 12.7. The Kier molecular flexibility index (Phi) is 6.50. The van der Waals surface area contributed by atoms with Gasteiger partial charge in [0.1, 0.15) is 5.75 Å². The number of ether oxygens (including phenoxy) is 1. The largest absolute Gasteiger partial charge is 0.480 e. The first kappa shape index (κ1) is 20.4. The zero-order chi connectivity index (χ0) is 20.8. The molecule has 3 rings (SSSR count). The highest BCUT2D eigenvalue weighted by Crippen LogP contribution is 2.26. The molecule has 150 valence electrons. The smallest absolute Gasteiger partial charge is 0.265 e. The summed E-state index contributed by atoms with van der Waals surface area (Å²) in [5.74, 6) is 0.119. The van der Waals surface area contributed by atoms with E-state index < -0.39 is 6.10 Å². The molecule has 0 fully saturated rings. The van der Waals surface area contributed by atoms with E-state index in [-0.39, 0.29) is 17.9 Å². The van der Waals surface area contributed by atoms with Gasteiger partial charge in [0.2, 0.25) is 0 Å². The van der Waals surface area contributed by atoms with Crippen LogP contribution >= 0.6 is 0 Å². The lowest BCUT2D eigenvalue weighted by Gasteiger charge is -2.18. The minimum atomic E-state index is -0.730. The molecule has 0 saturated heterocycles. The van der Waals surface area contributed by atoms with Crippen molar-refractivity contribution < 1.29 is 14.3 Å². The van der Waals surface area contributed by atoms with Crippen LogP contribution in [0.15, 0.2) is 66.7 Å². The maximum absolute atomic E-state index is 12.7. The summed E-state index contributed by atoms with van der Waals surface area (Å²) in [6, 6.07) is 20.6. The average molecular weight is 390 g/mol. The minimum Gasteiger partial charge on any atom is -0.480 e. The molecule has 0 aliphatic heterocycles. The number of benzene rings is 3. The highest BCUT2D eigenvalue weighted by molar-refractivity contribution is 6.04. The van der Waals surface area contributed by atoms with E-state index >= 15 is 0 Å². The predicted molar refractivity (Wildman–Crippen MR) is 116 cm³/mol. The van der Waals surface area contributed by atoms with Crippen molar-refractivity contribution in [3.05, 3.63) is 72.3 Å². The van der Waals surface area contributed by atoms with Gasteiger partial charge < -0.3 is 15.4 Å². The highest BCUT2D eigenvalue weighted by atomic mass is 16.5. The molecule has 2 amide bonds. The van der Waals surface area contributed by atoms with Gasteiger partial charge >= 0.3 is 0 Å². The van der Waals surface area contributed by atoms with Gasteiger partial charge in [-0.25, -0.2) is 0 Å². The molecule has 0 radical (unpaired) electrons. The molecule has 3 aromatic carbocycles. The Bertz CT molecular complexity index is 1010. The van der Waals surface area contributed by atoms with Gasteiger partial charge in [0, 0.05) is 11.4 Å². The van der Waals surface area contributed by atoms with E-state index in [2.05, 4.69) is 10.6 Å². The molecule has 0 heterocycles. The molecule has 0 unspecified atom stereocenters. The molecule has 29 heavy (non-hydrogen) atoms. The van der Waals surface area contributed by atoms with Crippen LogP contribution in [-0.4, -0.2) is 24.0 Å². The number of fused-ring (bicyclic) bond motifs is 1. The summed E-state index contributed by atoms with van der Waals surface area (Å²) in [4.78, 5) is 25.3. The lowest BCUT2D eigenvalue weighted by molar-refractivity contribution is -0.122. The fraction of sp³-hybridized carbons (Fsp3) is 0.250. The molecule has 0 bridgehead atoms. The second kappa shape index (κ2) is 9.24. The van der Waals surface area contributed by atoms with Crippen LogP contribution in [0.5, 0.6) is 5.75 Å². The van der Waals surface area contributed by atoms with Crippen molar-refractivity contribution in [2.75, 3.05) is 5.32 Å². The van der Waals surface area contributed by atoms with E-state index in [4.69, 9.17) is 4.74 Å². The number of para-hydroxylation sites is 1. The number of nitrogens with one attached hydrogen (secondary N) is 2. The molecule has 2 atom stereocenters. The first-order valence-corrected chi connectivity index (χ1v) is 9.84. The number of carbonyl (C=O) groups excluding carboxylic acids is 2. The van der Waals surface area contributed by atoms with Gasteiger partial charge in [-0.05, 0) is 43.9 Å². The highest BCUT2D eigenvalue weighted by Gasteiger charge is 2.19. The second-order valence-corrected chi connectivity index (χ2v) is 7.05. The Morgan fingerprint density at radius 2 is 1.62 bits per heavy atom. The second-order valence-electron chi connectivity index (χ2n) is 7.05. The zero-order valence-electron chi connectivity index (χ0n) is 16.9. The molecule has 5 heteroatoms. The molecule has 0 aliphatic carbocycles. The third-order valence-corrected chi connectivity index (χ3v) is 4.84. The van der Waals surface area contributed by atoms with Crippen LogP contribution in [0.2, 0.25) is 0 Å². The maximum Gasteiger partial charge on any atom is 0.265 e. The first-order chi connectivity index (χ1) is 14.0. The molecule has 0 aromatic heterocycles. The number of hydrogen-bond donors (Lipinski definition) is 2. The lowest BCUT2D eigenvalue weighted by atomic mass is 10.1. The van der Waals surface area contributed by atoms with Crippen molar-refractivity contribution in [3.8, 4) is 5.75 Å². The Hall–Kier alpha value is -3.34. The van der Waals surface area contributed by atoms with E-state index in [1.165, 1.54) is 0 Å². The van der Waals surface area contributed by atoms with Crippen LogP contribution in [0.4, 0.5) is 5.69 Å². The van der Waals surface area contributed by atoms with E-state index in [0.29, 0.717) is 17.0 Å². The van der Waals surface area contributed by atoms with Crippen molar-refractivity contribution in [2.24, 2.45) is 0 Å². The summed E-state index contributed by atoms with van der Waals surface area (Å²) in [6.45, 7) is 5.64. The Balaban J connectivity index is 1.74. The predicted octanol–water partition coefficient (Wildman–Crippen LogP) is 4.77. The van der Waals surface area contributed by atoms with Crippen LogP contribution in [-0.2, 0) is 4.79 Å². The van der Waals surface area contributed by atoms with Crippen LogP contribution in [0.1, 0.15) is 37.6 Å². The van der Waals surface area contributed by atoms with Crippen LogP contribution < -0.4 is 15.4 Å². The van der Waals surface area contributed by atoms with Crippen molar-refractivity contribution in [1.82, 2.24) is 5.32 Å². The topological polar surface area (TPSA) is 67.4 Å². The summed E-state index contributed by atoms with van der Waals surface area (Å²) in [7, 11) is 0. The quantitative estimate of drug-likeness (QED) is 0.610. The van der Waals surface area contributed by atoms with Crippen LogP contribution in [0, 0.1) is 0 Å². The van der Waals surface area contributed by atoms with Gasteiger partial charge in [-0.3, -0.25) is 9.59 Å². The number of hydrogen-bond acceptors (Lipinski definition) is 3. The summed E-state index contributed by atoms with van der Waals surface area (Å²) in [5.41, 5.74) is 0.894. The lowest BCUT2D eigenvalue weighted by Crippen LogP contribution is -2.34. The van der Waals surface area contributed by atoms with E-state index in [0.717, 1.165) is 17.2 Å².